The molecule has 1 saturated heterocycles. The van der Waals surface area contributed by atoms with Crippen molar-refractivity contribution in [1.82, 2.24) is 9.88 Å². The summed E-state index contributed by atoms with van der Waals surface area (Å²) in [7, 11) is 0. The van der Waals surface area contributed by atoms with Crippen molar-refractivity contribution >= 4 is 46.3 Å². The van der Waals surface area contributed by atoms with Crippen molar-refractivity contribution in [2.24, 2.45) is 0 Å². The molecule has 1 aliphatic rings. The molecule has 3 aromatic carbocycles. The van der Waals surface area contributed by atoms with Crippen LogP contribution in [0.1, 0.15) is 11.1 Å². The van der Waals surface area contributed by atoms with E-state index in [-0.39, 0.29) is 41.1 Å². The summed E-state index contributed by atoms with van der Waals surface area (Å²) < 4.78 is 80.3. The van der Waals surface area contributed by atoms with Crippen molar-refractivity contribution < 1.29 is 45.5 Å². The van der Waals surface area contributed by atoms with Crippen molar-refractivity contribution in [3.63, 3.8) is 0 Å². The third kappa shape index (κ3) is 6.74. The number of alkyl halides is 6. The Kier molecular flexibility index (Phi) is 8.06. The molecule has 14 heteroatoms. The van der Waals surface area contributed by atoms with E-state index in [1.165, 1.54) is 29.2 Å². The van der Waals surface area contributed by atoms with Crippen LogP contribution in [0.15, 0.2) is 90.0 Å². The van der Waals surface area contributed by atoms with E-state index in [0.717, 1.165) is 34.6 Å². The highest BCUT2D eigenvalue weighted by Crippen LogP contribution is 2.38. The molecular weight excluding hydrogens is 600 g/mol. The smallest absolute Gasteiger partial charge is 0.420 e. The SMILES string of the molecule is O=C1[C@@H](Cc2ccc(OC(=O)C(F)(F)F)cc2)N(Cc2ccnc3ccccc23)C(=O)N1c1ccc(SC(F)(F)F)cc1. The molecule has 0 saturated carbocycles. The van der Waals surface area contributed by atoms with Crippen molar-refractivity contribution in [2.45, 2.75) is 35.6 Å². The quantitative estimate of drug-likeness (QED) is 0.0737. The minimum Gasteiger partial charge on any atom is -0.420 e. The first-order valence-electron chi connectivity index (χ1n) is 12.5. The second-order valence-electron chi connectivity index (χ2n) is 9.36. The lowest BCUT2D eigenvalue weighted by Gasteiger charge is -2.23. The van der Waals surface area contributed by atoms with Gasteiger partial charge in [-0.1, -0.05) is 30.3 Å². The third-order valence-electron chi connectivity index (χ3n) is 6.52. The first-order chi connectivity index (χ1) is 20.3. The highest BCUT2D eigenvalue weighted by Gasteiger charge is 2.46. The highest BCUT2D eigenvalue weighted by molar-refractivity contribution is 8.00. The number of hydrogen-bond acceptors (Lipinski definition) is 6. The molecule has 0 spiro atoms. The van der Waals surface area contributed by atoms with Gasteiger partial charge in [0.1, 0.15) is 11.8 Å². The topological polar surface area (TPSA) is 79.8 Å². The summed E-state index contributed by atoms with van der Waals surface area (Å²) in [5.74, 6) is -3.39. The molecule has 0 aliphatic carbocycles. The Morgan fingerprint density at radius 3 is 2.21 bits per heavy atom. The second kappa shape index (κ2) is 11.6. The summed E-state index contributed by atoms with van der Waals surface area (Å²) in [5.41, 5.74) is -2.65. The molecule has 7 nitrogen and oxygen atoms in total. The van der Waals surface area contributed by atoms with Gasteiger partial charge in [0.25, 0.3) is 5.91 Å². The molecule has 1 fully saturated rings. The van der Waals surface area contributed by atoms with Crippen LogP contribution in [0.25, 0.3) is 10.9 Å². The first kappa shape index (κ1) is 29.9. The minimum atomic E-state index is -5.18. The molecule has 1 aromatic heterocycles. The number of nitrogens with zero attached hydrogens (tertiary/aromatic N) is 3. The highest BCUT2D eigenvalue weighted by atomic mass is 32.2. The van der Waals surface area contributed by atoms with Crippen molar-refractivity contribution in [3.8, 4) is 5.75 Å². The standard InChI is InChI=1S/C29H19F6N3O4S/c30-28(31,32)26(40)42-20-9-5-17(6-10-20)15-24-25(39)38(19-7-11-21(12-8-19)43-29(33,34)35)27(41)37(24)16-18-13-14-36-23-4-2-1-3-22(18)23/h1-14,24H,15-16H2/t24-/m1/s1. The van der Waals surface area contributed by atoms with Gasteiger partial charge >= 0.3 is 23.7 Å². The normalized spacial score (nSPS) is 15.8. The van der Waals surface area contributed by atoms with E-state index in [9.17, 15) is 40.7 Å². The number of thioether (sulfide) groups is 1. The third-order valence-corrected chi connectivity index (χ3v) is 7.26. The lowest BCUT2D eigenvalue weighted by atomic mass is 10.0. The minimum absolute atomic E-state index is 0.0158. The van der Waals surface area contributed by atoms with Gasteiger partial charge in [0.15, 0.2) is 0 Å². The predicted octanol–water partition coefficient (Wildman–Crippen LogP) is 6.89. The van der Waals surface area contributed by atoms with E-state index in [1.807, 2.05) is 6.07 Å². The Balaban J connectivity index is 1.45. The molecule has 3 amide bonds. The maximum atomic E-state index is 13.7. The largest absolute Gasteiger partial charge is 0.491 e. The van der Waals surface area contributed by atoms with Crippen LogP contribution >= 0.6 is 11.8 Å². The molecular formula is C29H19F6N3O4S. The molecule has 4 aromatic rings. The van der Waals surface area contributed by atoms with Gasteiger partial charge in [0, 0.05) is 29.4 Å². The van der Waals surface area contributed by atoms with Gasteiger partial charge in [0.2, 0.25) is 0 Å². The molecule has 1 atom stereocenters. The van der Waals surface area contributed by atoms with Gasteiger partial charge in [-0.05, 0) is 71.4 Å². The number of halogens is 6. The Labute approximate surface area is 244 Å². The zero-order valence-electron chi connectivity index (χ0n) is 21.7. The van der Waals surface area contributed by atoms with Crippen LogP contribution < -0.4 is 9.64 Å². The fourth-order valence-corrected chi connectivity index (χ4v) is 5.15. The van der Waals surface area contributed by atoms with Gasteiger partial charge in [-0.15, -0.1) is 0 Å². The number of aromatic nitrogens is 1. The summed E-state index contributed by atoms with van der Waals surface area (Å²) in [5, 5.41) is 0.742. The van der Waals surface area contributed by atoms with E-state index in [0.29, 0.717) is 16.6 Å². The van der Waals surface area contributed by atoms with E-state index >= 15 is 0 Å². The number of para-hydroxylation sites is 1. The number of pyridine rings is 1. The predicted molar refractivity (Wildman–Crippen MR) is 144 cm³/mol. The summed E-state index contributed by atoms with van der Waals surface area (Å²) in [6.45, 7) is -0.0158. The number of rotatable bonds is 7. The molecule has 0 N–H and O–H groups in total. The lowest BCUT2D eigenvalue weighted by molar-refractivity contribution is -0.189. The summed E-state index contributed by atoms with van der Waals surface area (Å²) in [6.07, 6.45) is -3.68. The van der Waals surface area contributed by atoms with Crippen LogP contribution in [0.4, 0.5) is 36.8 Å². The van der Waals surface area contributed by atoms with Crippen LogP contribution in [-0.4, -0.2) is 45.5 Å². The molecule has 0 bridgehead atoms. The van der Waals surface area contributed by atoms with Crippen LogP contribution in [0.2, 0.25) is 0 Å². The van der Waals surface area contributed by atoms with Gasteiger partial charge in [0.05, 0.1) is 11.2 Å². The number of carbonyl (C=O) groups excluding carboxylic acids is 3. The maximum absolute atomic E-state index is 13.7. The number of carbonyl (C=O) groups is 3. The number of imide groups is 1. The number of ether oxygens (including phenoxy) is 1. The van der Waals surface area contributed by atoms with Crippen LogP contribution in [0.5, 0.6) is 5.75 Å². The molecule has 5 rings (SSSR count). The van der Waals surface area contributed by atoms with Crippen molar-refractivity contribution in [1.29, 1.82) is 0 Å². The number of amides is 3. The summed E-state index contributed by atoms with van der Waals surface area (Å²) in [6, 6.07) is 16.9. The maximum Gasteiger partial charge on any atom is 0.491 e. The molecule has 0 unspecified atom stereocenters. The number of esters is 1. The zero-order chi connectivity index (χ0) is 30.9. The number of benzene rings is 3. The van der Waals surface area contributed by atoms with E-state index in [4.69, 9.17) is 0 Å². The first-order valence-corrected chi connectivity index (χ1v) is 13.3. The van der Waals surface area contributed by atoms with Crippen LogP contribution in [0.3, 0.4) is 0 Å². The number of anilines is 1. The van der Waals surface area contributed by atoms with E-state index < -0.39 is 35.6 Å². The molecule has 222 valence electrons. The van der Waals surface area contributed by atoms with Gasteiger partial charge in [-0.2, -0.15) is 26.3 Å². The van der Waals surface area contributed by atoms with Crippen LogP contribution in [0, 0.1) is 0 Å². The molecule has 2 heterocycles. The molecule has 0 radical (unpaired) electrons. The average Bonchev–Trinajstić information content (AvgIpc) is 3.17. The molecule has 1 aliphatic heterocycles. The lowest BCUT2D eigenvalue weighted by Crippen LogP contribution is -2.36. The Bertz CT molecular complexity index is 1670. The Hall–Kier alpha value is -4.59. The van der Waals surface area contributed by atoms with Crippen LogP contribution in [-0.2, 0) is 22.6 Å². The molecule has 43 heavy (non-hydrogen) atoms. The Morgan fingerprint density at radius 2 is 1.56 bits per heavy atom. The zero-order valence-corrected chi connectivity index (χ0v) is 22.5. The van der Waals surface area contributed by atoms with E-state index in [1.54, 1.807) is 30.5 Å². The van der Waals surface area contributed by atoms with Crippen molar-refractivity contribution in [3.05, 3.63) is 96.2 Å². The number of fused-ring (bicyclic) bond motifs is 1. The second-order valence-corrected chi connectivity index (χ2v) is 10.5. The summed E-state index contributed by atoms with van der Waals surface area (Å²) in [4.78, 5) is 44.9. The fraction of sp³-hybridized carbons (Fsp3) is 0.172. The van der Waals surface area contributed by atoms with Gasteiger partial charge < -0.3 is 9.64 Å². The number of hydrogen-bond donors (Lipinski definition) is 0. The van der Waals surface area contributed by atoms with E-state index in [2.05, 4.69) is 9.72 Å². The Morgan fingerprint density at radius 1 is 0.884 bits per heavy atom. The van der Waals surface area contributed by atoms with Gasteiger partial charge in [-0.25, -0.2) is 14.5 Å². The average molecular weight is 620 g/mol. The van der Waals surface area contributed by atoms with Gasteiger partial charge in [-0.3, -0.25) is 9.78 Å². The fourth-order valence-electron chi connectivity index (χ4n) is 4.61. The summed E-state index contributed by atoms with van der Waals surface area (Å²) >= 11 is -0.333. The number of urea groups is 1. The monoisotopic (exact) mass is 619 g/mol. The van der Waals surface area contributed by atoms with Crippen molar-refractivity contribution in [2.75, 3.05) is 4.90 Å².